The summed E-state index contributed by atoms with van der Waals surface area (Å²) >= 11 is 3.25. The fourth-order valence-corrected chi connectivity index (χ4v) is 4.63. The molecule has 1 saturated heterocycles. The van der Waals surface area contributed by atoms with E-state index in [0.29, 0.717) is 23.0 Å². The van der Waals surface area contributed by atoms with Crippen molar-refractivity contribution >= 4 is 22.0 Å². The van der Waals surface area contributed by atoms with Gasteiger partial charge in [0.05, 0.1) is 23.7 Å². The van der Waals surface area contributed by atoms with Crippen LogP contribution in [0.3, 0.4) is 0 Å². The van der Waals surface area contributed by atoms with Crippen LogP contribution < -0.4 is 5.32 Å². The Morgan fingerprint density at radius 2 is 1.75 bits per heavy atom. The number of halogens is 3. The van der Waals surface area contributed by atoms with Gasteiger partial charge in [-0.15, -0.1) is 0 Å². The highest BCUT2D eigenvalue weighted by Gasteiger charge is 2.40. The summed E-state index contributed by atoms with van der Waals surface area (Å²) < 4.78 is 26.7. The molecule has 2 unspecified atom stereocenters. The number of nitrogens with one attached hydrogen (secondary N) is 1. The summed E-state index contributed by atoms with van der Waals surface area (Å²) in [5.41, 5.74) is 3.23. The van der Waals surface area contributed by atoms with Crippen molar-refractivity contribution in [1.29, 1.82) is 5.26 Å². The minimum absolute atomic E-state index is 0.0563. The van der Waals surface area contributed by atoms with Gasteiger partial charge in [0.15, 0.2) is 0 Å². The first-order valence-electron chi connectivity index (χ1n) is 10.1. The lowest BCUT2D eigenvalue weighted by Crippen LogP contribution is -2.35. The Hall–Kier alpha value is -3.24. The Morgan fingerprint density at radius 1 is 1.03 bits per heavy atom. The van der Waals surface area contributed by atoms with Gasteiger partial charge in [-0.2, -0.15) is 5.26 Å². The van der Waals surface area contributed by atoms with E-state index in [4.69, 9.17) is 5.26 Å². The van der Waals surface area contributed by atoms with E-state index >= 15 is 0 Å². The van der Waals surface area contributed by atoms with Crippen molar-refractivity contribution in [1.82, 2.24) is 10.2 Å². The zero-order valence-corrected chi connectivity index (χ0v) is 18.6. The Balaban J connectivity index is 1.67. The highest BCUT2D eigenvalue weighted by molar-refractivity contribution is 9.10. The first kappa shape index (κ1) is 22.0. The summed E-state index contributed by atoms with van der Waals surface area (Å²) in [4.78, 5) is 14.7. The topological polar surface area (TPSA) is 56.1 Å². The molecule has 7 heteroatoms. The minimum atomic E-state index is -2.56. The number of carbonyl (C=O) groups is 1. The third-order valence-corrected chi connectivity index (χ3v) is 6.35. The molecule has 1 fully saturated rings. The van der Waals surface area contributed by atoms with Crippen LogP contribution >= 0.6 is 15.9 Å². The van der Waals surface area contributed by atoms with Crippen LogP contribution in [0.25, 0.3) is 0 Å². The summed E-state index contributed by atoms with van der Waals surface area (Å²) in [5.74, 6) is 0. The second-order valence-corrected chi connectivity index (χ2v) is 8.56. The molecule has 0 radical (unpaired) electrons. The molecule has 2 amide bonds. The van der Waals surface area contributed by atoms with Crippen molar-refractivity contribution in [2.45, 2.75) is 31.5 Å². The summed E-state index contributed by atoms with van der Waals surface area (Å²) in [6.45, 7) is 0.431. The van der Waals surface area contributed by atoms with Crippen molar-refractivity contribution in [3.05, 3.63) is 105 Å². The lowest BCUT2D eigenvalue weighted by Gasteiger charge is -2.27. The van der Waals surface area contributed by atoms with E-state index in [2.05, 4.69) is 27.3 Å². The van der Waals surface area contributed by atoms with Crippen molar-refractivity contribution in [2.24, 2.45) is 0 Å². The number of nitrogens with zero attached hydrogens (tertiary/aromatic N) is 2. The fraction of sp³-hybridized carbons (Fsp3) is 0.200. The smallest absolute Gasteiger partial charge is 0.318 e. The molecule has 4 rings (SSSR count). The molecule has 1 aliphatic rings. The van der Waals surface area contributed by atoms with E-state index in [1.165, 1.54) is 6.07 Å². The van der Waals surface area contributed by atoms with Crippen LogP contribution in [0.2, 0.25) is 0 Å². The van der Waals surface area contributed by atoms with Gasteiger partial charge >= 0.3 is 6.03 Å². The molecule has 0 aromatic heterocycles. The standard InChI is InChI=1S/C25H20BrF2N3O/c26-21-12-18(8-11-20(21)24(27)28)13-22-23(19-9-6-16(14-29)7-10-19)30-25(32)31(22)15-17-4-2-1-3-5-17/h1-12,22-24H,13,15H2,(H,30,32). The molecular weight excluding hydrogens is 476 g/mol. The Labute approximate surface area is 193 Å². The molecule has 3 aromatic rings. The molecule has 162 valence electrons. The number of nitriles is 1. The van der Waals surface area contributed by atoms with E-state index in [1.807, 2.05) is 42.5 Å². The van der Waals surface area contributed by atoms with Crippen molar-refractivity contribution < 1.29 is 13.6 Å². The summed E-state index contributed by atoms with van der Waals surface area (Å²) in [7, 11) is 0. The fourth-order valence-electron chi connectivity index (χ4n) is 4.03. The highest BCUT2D eigenvalue weighted by Crippen LogP contribution is 2.33. The molecule has 1 aliphatic heterocycles. The first-order chi connectivity index (χ1) is 15.5. The molecule has 0 saturated carbocycles. The first-order valence-corrected chi connectivity index (χ1v) is 10.9. The molecule has 0 spiro atoms. The van der Waals surface area contributed by atoms with Gasteiger partial charge in [0.25, 0.3) is 6.43 Å². The molecule has 0 bridgehead atoms. The Morgan fingerprint density at radius 3 is 2.38 bits per heavy atom. The molecule has 1 heterocycles. The average Bonchev–Trinajstić information content (AvgIpc) is 3.09. The van der Waals surface area contributed by atoms with E-state index in [9.17, 15) is 13.6 Å². The van der Waals surface area contributed by atoms with Crippen LogP contribution in [-0.2, 0) is 13.0 Å². The lowest BCUT2D eigenvalue weighted by atomic mass is 9.93. The van der Waals surface area contributed by atoms with Gasteiger partial charge < -0.3 is 10.2 Å². The van der Waals surface area contributed by atoms with Gasteiger partial charge in [0.2, 0.25) is 0 Å². The Bertz CT molecular complexity index is 1150. The van der Waals surface area contributed by atoms with Crippen LogP contribution in [0.15, 0.2) is 77.3 Å². The van der Waals surface area contributed by atoms with Gasteiger partial charge in [-0.25, -0.2) is 13.6 Å². The number of urea groups is 1. The zero-order valence-electron chi connectivity index (χ0n) is 17.0. The van der Waals surface area contributed by atoms with Gasteiger partial charge in [0, 0.05) is 16.6 Å². The molecule has 2 atom stereocenters. The van der Waals surface area contributed by atoms with Crippen LogP contribution in [0.1, 0.15) is 40.3 Å². The maximum Gasteiger partial charge on any atom is 0.318 e. The zero-order chi connectivity index (χ0) is 22.7. The molecule has 3 aromatic carbocycles. The molecule has 0 aliphatic carbocycles. The van der Waals surface area contributed by atoms with Crippen molar-refractivity contribution in [3.63, 3.8) is 0 Å². The Kier molecular flexibility index (Phi) is 6.52. The van der Waals surface area contributed by atoms with Gasteiger partial charge in [0.1, 0.15) is 0 Å². The van der Waals surface area contributed by atoms with E-state index < -0.39 is 6.43 Å². The predicted molar refractivity (Wildman–Crippen MR) is 121 cm³/mol. The predicted octanol–water partition coefficient (Wildman–Crippen LogP) is 6.14. The van der Waals surface area contributed by atoms with E-state index in [-0.39, 0.29) is 23.7 Å². The molecule has 32 heavy (non-hydrogen) atoms. The number of amides is 2. The second-order valence-electron chi connectivity index (χ2n) is 7.70. The molecule has 4 nitrogen and oxygen atoms in total. The normalized spacial score (nSPS) is 18.0. The minimum Gasteiger partial charge on any atom is -0.329 e. The SMILES string of the molecule is N#Cc1ccc(C2NC(=O)N(Cc3ccccc3)C2Cc2ccc(C(F)F)c(Br)c2)cc1. The van der Waals surface area contributed by atoms with Gasteiger partial charge in [-0.1, -0.05) is 70.5 Å². The number of hydrogen-bond donors (Lipinski definition) is 1. The quantitative estimate of drug-likeness (QED) is 0.446. The van der Waals surface area contributed by atoms with Gasteiger partial charge in [-0.05, 0) is 41.3 Å². The van der Waals surface area contributed by atoms with Crippen LogP contribution in [-0.4, -0.2) is 17.0 Å². The number of carbonyl (C=O) groups excluding carboxylic acids is 1. The molecular formula is C25H20BrF2N3O. The number of hydrogen-bond acceptors (Lipinski definition) is 2. The summed E-state index contributed by atoms with van der Waals surface area (Å²) in [6.07, 6.45) is -2.08. The average molecular weight is 496 g/mol. The third kappa shape index (κ3) is 4.66. The van der Waals surface area contributed by atoms with Crippen molar-refractivity contribution in [3.8, 4) is 6.07 Å². The monoisotopic (exact) mass is 495 g/mol. The highest BCUT2D eigenvalue weighted by atomic mass is 79.9. The van der Waals surface area contributed by atoms with Crippen LogP contribution in [0.4, 0.5) is 13.6 Å². The van der Waals surface area contributed by atoms with E-state index in [0.717, 1.165) is 16.7 Å². The third-order valence-electron chi connectivity index (χ3n) is 5.66. The van der Waals surface area contributed by atoms with Crippen LogP contribution in [0.5, 0.6) is 0 Å². The van der Waals surface area contributed by atoms with E-state index in [1.54, 1.807) is 29.2 Å². The maximum atomic E-state index is 13.1. The van der Waals surface area contributed by atoms with Crippen LogP contribution in [0, 0.1) is 11.3 Å². The van der Waals surface area contributed by atoms with Crippen molar-refractivity contribution in [2.75, 3.05) is 0 Å². The maximum absolute atomic E-state index is 13.1. The second kappa shape index (κ2) is 9.49. The summed E-state index contributed by atoms with van der Waals surface area (Å²) in [5, 5.41) is 12.2. The largest absolute Gasteiger partial charge is 0.329 e. The number of rotatable bonds is 6. The molecule has 1 N–H and O–H groups in total. The number of benzene rings is 3. The summed E-state index contributed by atoms with van der Waals surface area (Å²) in [6, 6.07) is 23.0. The van der Waals surface area contributed by atoms with Gasteiger partial charge in [-0.3, -0.25) is 0 Å². The lowest BCUT2D eigenvalue weighted by molar-refractivity contribution is 0.150. The number of alkyl halides is 2.